The molecule has 0 aromatic heterocycles. The van der Waals surface area contributed by atoms with Crippen molar-refractivity contribution in [2.24, 2.45) is 11.3 Å². The number of hydrogen-bond acceptors (Lipinski definition) is 2. The van der Waals surface area contributed by atoms with E-state index in [0.29, 0.717) is 11.5 Å². The fourth-order valence-electron chi connectivity index (χ4n) is 3.43. The van der Waals surface area contributed by atoms with Gasteiger partial charge in [-0.25, -0.2) is 0 Å². The summed E-state index contributed by atoms with van der Waals surface area (Å²) in [4.78, 5) is 0. The molecule has 1 saturated carbocycles. The van der Waals surface area contributed by atoms with Crippen LogP contribution in [0.3, 0.4) is 0 Å². The SMILES string of the molecule is CCC(CC)C1(CNC2CC2)CCOC1C. The van der Waals surface area contributed by atoms with Gasteiger partial charge >= 0.3 is 0 Å². The molecule has 2 unspecified atom stereocenters. The van der Waals surface area contributed by atoms with Crippen molar-refractivity contribution in [1.29, 1.82) is 0 Å². The fraction of sp³-hybridized carbons (Fsp3) is 1.00. The predicted molar refractivity (Wildman–Crippen MR) is 67.6 cm³/mol. The third kappa shape index (κ3) is 2.28. The van der Waals surface area contributed by atoms with Crippen LogP contribution >= 0.6 is 0 Å². The highest BCUT2D eigenvalue weighted by Crippen LogP contribution is 2.44. The van der Waals surface area contributed by atoms with Crippen LogP contribution in [0.25, 0.3) is 0 Å². The Morgan fingerprint density at radius 1 is 1.31 bits per heavy atom. The van der Waals surface area contributed by atoms with Crippen LogP contribution in [0.4, 0.5) is 0 Å². The molecule has 2 rings (SSSR count). The largest absolute Gasteiger partial charge is 0.378 e. The van der Waals surface area contributed by atoms with Crippen molar-refractivity contribution in [2.75, 3.05) is 13.2 Å². The minimum atomic E-state index is 0.409. The molecule has 2 nitrogen and oxygen atoms in total. The van der Waals surface area contributed by atoms with Crippen molar-refractivity contribution in [2.45, 2.75) is 65.0 Å². The summed E-state index contributed by atoms with van der Waals surface area (Å²) in [6.45, 7) is 9.07. The van der Waals surface area contributed by atoms with E-state index in [1.807, 2.05) is 0 Å². The molecule has 0 amide bonds. The highest BCUT2D eigenvalue weighted by atomic mass is 16.5. The molecule has 1 aliphatic heterocycles. The average molecular weight is 225 g/mol. The molecule has 2 aliphatic rings. The van der Waals surface area contributed by atoms with Crippen molar-refractivity contribution in [3.63, 3.8) is 0 Å². The lowest BCUT2D eigenvalue weighted by Crippen LogP contribution is -2.45. The van der Waals surface area contributed by atoms with Crippen molar-refractivity contribution < 1.29 is 4.74 Å². The summed E-state index contributed by atoms with van der Waals surface area (Å²) < 4.78 is 5.87. The van der Waals surface area contributed by atoms with Crippen LogP contribution < -0.4 is 5.32 Å². The van der Waals surface area contributed by atoms with E-state index in [2.05, 4.69) is 26.1 Å². The molecule has 16 heavy (non-hydrogen) atoms. The van der Waals surface area contributed by atoms with Crippen molar-refractivity contribution >= 4 is 0 Å². The summed E-state index contributed by atoms with van der Waals surface area (Å²) in [6.07, 6.45) is 7.03. The second kappa shape index (κ2) is 5.05. The highest BCUT2D eigenvalue weighted by molar-refractivity contribution is 4.97. The minimum absolute atomic E-state index is 0.409. The molecular weight excluding hydrogens is 198 g/mol. The Hall–Kier alpha value is -0.0800. The molecule has 0 bridgehead atoms. The first-order valence-corrected chi connectivity index (χ1v) is 7.08. The van der Waals surface area contributed by atoms with Gasteiger partial charge < -0.3 is 10.1 Å². The van der Waals surface area contributed by atoms with Crippen LogP contribution in [0.2, 0.25) is 0 Å². The Morgan fingerprint density at radius 3 is 2.44 bits per heavy atom. The zero-order valence-corrected chi connectivity index (χ0v) is 11.1. The zero-order valence-electron chi connectivity index (χ0n) is 11.1. The standard InChI is InChI=1S/C14H27NO/c1-4-12(5-2)14(8-9-16-11(14)3)10-15-13-6-7-13/h11-13,15H,4-10H2,1-3H3. The summed E-state index contributed by atoms with van der Waals surface area (Å²) in [5, 5.41) is 3.74. The van der Waals surface area contributed by atoms with Gasteiger partial charge in [-0.2, -0.15) is 0 Å². The van der Waals surface area contributed by atoms with Gasteiger partial charge in [-0.3, -0.25) is 0 Å². The molecule has 1 heterocycles. The molecule has 1 saturated heterocycles. The van der Waals surface area contributed by atoms with Crippen LogP contribution in [0, 0.1) is 11.3 Å². The summed E-state index contributed by atoms with van der Waals surface area (Å²) in [7, 11) is 0. The van der Waals surface area contributed by atoms with Gasteiger partial charge in [0.2, 0.25) is 0 Å². The summed E-state index contributed by atoms with van der Waals surface area (Å²) in [5.74, 6) is 0.816. The average Bonchev–Trinajstić information content (AvgIpc) is 3.04. The topological polar surface area (TPSA) is 21.3 Å². The Balaban J connectivity index is 2.03. The molecule has 0 aromatic carbocycles. The van der Waals surface area contributed by atoms with Gasteiger partial charge in [0.1, 0.15) is 0 Å². The van der Waals surface area contributed by atoms with Gasteiger partial charge in [-0.05, 0) is 32.1 Å². The van der Waals surface area contributed by atoms with E-state index in [1.165, 1.54) is 38.6 Å². The third-order valence-corrected chi connectivity index (χ3v) is 4.84. The van der Waals surface area contributed by atoms with Gasteiger partial charge in [-0.1, -0.05) is 26.7 Å². The van der Waals surface area contributed by atoms with E-state index < -0.39 is 0 Å². The van der Waals surface area contributed by atoms with Crippen molar-refractivity contribution in [3.8, 4) is 0 Å². The molecule has 1 N–H and O–H groups in total. The van der Waals surface area contributed by atoms with E-state index in [0.717, 1.165) is 18.6 Å². The lowest BCUT2D eigenvalue weighted by atomic mass is 9.68. The quantitative estimate of drug-likeness (QED) is 0.750. The van der Waals surface area contributed by atoms with E-state index in [-0.39, 0.29) is 0 Å². The molecular formula is C14H27NO. The Kier molecular flexibility index (Phi) is 3.91. The number of rotatable bonds is 6. The maximum Gasteiger partial charge on any atom is 0.0618 e. The second-order valence-electron chi connectivity index (χ2n) is 5.66. The van der Waals surface area contributed by atoms with Gasteiger partial charge in [-0.15, -0.1) is 0 Å². The molecule has 0 radical (unpaired) electrons. The van der Waals surface area contributed by atoms with Gasteiger partial charge in [0.25, 0.3) is 0 Å². The molecule has 2 atom stereocenters. The van der Waals surface area contributed by atoms with Crippen LogP contribution in [-0.4, -0.2) is 25.3 Å². The van der Waals surface area contributed by atoms with Gasteiger partial charge in [0.05, 0.1) is 6.10 Å². The molecule has 1 aliphatic carbocycles. The molecule has 2 heteroatoms. The lowest BCUT2D eigenvalue weighted by molar-refractivity contribution is 0.0243. The summed E-state index contributed by atoms with van der Waals surface area (Å²) >= 11 is 0. The third-order valence-electron chi connectivity index (χ3n) is 4.84. The van der Waals surface area contributed by atoms with Gasteiger partial charge in [0.15, 0.2) is 0 Å². The molecule has 0 aromatic rings. The molecule has 0 spiro atoms. The Morgan fingerprint density at radius 2 is 2.00 bits per heavy atom. The maximum absolute atomic E-state index is 5.87. The van der Waals surface area contributed by atoms with E-state index in [4.69, 9.17) is 4.74 Å². The zero-order chi connectivity index (χ0) is 11.6. The Labute approximate surface area is 100 Å². The van der Waals surface area contributed by atoms with Crippen LogP contribution in [0.5, 0.6) is 0 Å². The smallest absolute Gasteiger partial charge is 0.0618 e. The predicted octanol–water partition coefficient (Wildman–Crippen LogP) is 2.97. The van der Waals surface area contributed by atoms with Crippen LogP contribution in [-0.2, 0) is 4.74 Å². The first-order valence-electron chi connectivity index (χ1n) is 7.08. The van der Waals surface area contributed by atoms with Crippen LogP contribution in [0.1, 0.15) is 52.9 Å². The first kappa shape index (κ1) is 12.4. The second-order valence-corrected chi connectivity index (χ2v) is 5.66. The van der Waals surface area contributed by atoms with Crippen molar-refractivity contribution in [1.82, 2.24) is 5.32 Å². The molecule has 94 valence electrons. The Bertz CT molecular complexity index is 223. The summed E-state index contributed by atoms with van der Waals surface area (Å²) in [6, 6.07) is 0.819. The van der Waals surface area contributed by atoms with Crippen LogP contribution in [0.15, 0.2) is 0 Å². The van der Waals surface area contributed by atoms with E-state index >= 15 is 0 Å². The number of hydrogen-bond donors (Lipinski definition) is 1. The lowest BCUT2D eigenvalue weighted by Gasteiger charge is -2.39. The first-order chi connectivity index (χ1) is 7.73. The molecule has 2 fully saturated rings. The van der Waals surface area contributed by atoms with Gasteiger partial charge in [0, 0.05) is 24.6 Å². The minimum Gasteiger partial charge on any atom is -0.378 e. The normalized spacial score (nSPS) is 34.9. The fourth-order valence-corrected chi connectivity index (χ4v) is 3.43. The number of ether oxygens (including phenoxy) is 1. The van der Waals surface area contributed by atoms with Crippen molar-refractivity contribution in [3.05, 3.63) is 0 Å². The highest BCUT2D eigenvalue weighted by Gasteiger charge is 2.46. The monoisotopic (exact) mass is 225 g/mol. The number of nitrogens with one attached hydrogen (secondary N) is 1. The van der Waals surface area contributed by atoms with E-state index in [1.54, 1.807) is 0 Å². The summed E-state index contributed by atoms with van der Waals surface area (Å²) in [5.41, 5.74) is 0.409. The van der Waals surface area contributed by atoms with E-state index in [9.17, 15) is 0 Å². The maximum atomic E-state index is 5.87.